The molecule has 1 heterocycles. The van der Waals surface area contributed by atoms with Gasteiger partial charge in [0.15, 0.2) is 5.82 Å². The van der Waals surface area contributed by atoms with E-state index < -0.39 is 0 Å². The molecule has 1 aliphatic carbocycles. The van der Waals surface area contributed by atoms with Gasteiger partial charge in [0, 0.05) is 18.8 Å². The van der Waals surface area contributed by atoms with E-state index in [2.05, 4.69) is 17.1 Å². The van der Waals surface area contributed by atoms with Crippen molar-refractivity contribution < 1.29 is 9.32 Å². The molecule has 4 heteroatoms. The van der Waals surface area contributed by atoms with Gasteiger partial charge in [-0.1, -0.05) is 24.9 Å². The Morgan fingerprint density at radius 2 is 2.05 bits per heavy atom. The summed E-state index contributed by atoms with van der Waals surface area (Å²) in [6.45, 7) is 3.85. The predicted octanol–water partition coefficient (Wildman–Crippen LogP) is 3.67. The van der Waals surface area contributed by atoms with Crippen LogP contribution in [-0.4, -0.2) is 15.9 Å². The Kier molecular flexibility index (Phi) is 5.11. The smallest absolute Gasteiger partial charge is 0.227 e. The summed E-state index contributed by atoms with van der Waals surface area (Å²) in [6, 6.07) is 0. The average molecular weight is 264 g/mol. The van der Waals surface area contributed by atoms with Crippen molar-refractivity contribution in [3.05, 3.63) is 11.7 Å². The standard InChI is InChI=1S/C15H24N2O2/c1-3-4-12-6-8-13(9-7-12)15-16-14(19-17-15)10-5-11(2)18/h12-13H,3-10H2,1-2H3. The lowest BCUT2D eigenvalue weighted by molar-refractivity contribution is -0.117. The number of hydrogen-bond acceptors (Lipinski definition) is 4. The van der Waals surface area contributed by atoms with Gasteiger partial charge in [-0.2, -0.15) is 4.98 Å². The largest absolute Gasteiger partial charge is 0.339 e. The molecular formula is C15H24N2O2. The zero-order valence-electron chi connectivity index (χ0n) is 12.0. The van der Waals surface area contributed by atoms with E-state index in [1.807, 2.05) is 0 Å². The maximum absolute atomic E-state index is 10.9. The van der Waals surface area contributed by atoms with Crippen molar-refractivity contribution in [2.45, 2.75) is 71.1 Å². The first-order chi connectivity index (χ1) is 9.19. The summed E-state index contributed by atoms with van der Waals surface area (Å²) < 4.78 is 5.23. The third kappa shape index (κ3) is 4.15. The molecule has 1 aliphatic rings. The quantitative estimate of drug-likeness (QED) is 0.786. The fraction of sp³-hybridized carbons (Fsp3) is 0.800. The third-order valence-corrected chi connectivity index (χ3v) is 4.08. The summed E-state index contributed by atoms with van der Waals surface area (Å²) in [5.74, 6) is 2.99. The van der Waals surface area contributed by atoms with Crippen LogP contribution in [0.2, 0.25) is 0 Å². The van der Waals surface area contributed by atoms with Crippen LogP contribution in [-0.2, 0) is 11.2 Å². The average Bonchev–Trinajstić information content (AvgIpc) is 2.86. The first-order valence-electron chi connectivity index (χ1n) is 7.51. The molecule has 0 radical (unpaired) electrons. The highest BCUT2D eigenvalue weighted by Gasteiger charge is 2.25. The van der Waals surface area contributed by atoms with Crippen molar-refractivity contribution >= 4 is 5.78 Å². The van der Waals surface area contributed by atoms with E-state index in [0.29, 0.717) is 24.7 Å². The molecule has 1 saturated carbocycles. The van der Waals surface area contributed by atoms with Gasteiger partial charge >= 0.3 is 0 Å². The van der Waals surface area contributed by atoms with Crippen molar-refractivity contribution in [2.75, 3.05) is 0 Å². The van der Waals surface area contributed by atoms with E-state index in [0.717, 1.165) is 11.7 Å². The molecule has 0 unspecified atom stereocenters. The molecule has 1 fully saturated rings. The van der Waals surface area contributed by atoms with Gasteiger partial charge in [0.05, 0.1) is 0 Å². The lowest BCUT2D eigenvalue weighted by Crippen LogP contribution is -2.14. The second kappa shape index (κ2) is 6.83. The second-order valence-electron chi connectivity index (χ2n) is 5.75. The van der Waals surface area contributed by atoms with Gasteiger partial charge < -0.3 is 9.32 Å². The van der Waals surface area contributed by atoms with Crippen molar-refractivity contribution in [3.8, 4) is 0 Å². The number of ketones is 1. The maximum Gasteiger partial charge on any atom is 0.227 e. The monoisotopic (exact) mass is 264 g/mol. The molecule has 0 atom stereocenters. The van der Waals surface area contributed by atoms with Crippen LogP contribution in [0.1, 0.15) is 76.4 Å². The molecule has 0 spiro atoms. The highest BCUT2D eigenvalue weighted by Crippen LogP contribution is 2.36. The van der Waals surface area contributed by atoms with E-state index in [4.69, 9.17) is 4.52 Å². The molecule has 0 aromatic carbocycles. The van der Waals surface area contributed by atoms with Crippen LogP contribution in [0.15, 0.2) is 4.52 Å². The van der Waals surface area contributed by atoms with E-state index in [9.17, 15) is 4.79 Å². The SMILES string of the molecule is CCCC1CCC(c2noc(CCC(C)=O)n2)CC1. The highest BCUT2D eigenvalue weighted by atomic mass is 16.5. The summed E-state index contributed by atoms with van der Waals surface area (Å²) in [7, 11) is 0. The molecule has 2 rings (SSSR count). The molecule has 1 aromatic heterocycles. The van der Waals surface area contributed by atoms with E-state index in [1.165, 1.54) is 38.5 Å². The molecule has 4 nitrogen and oxygen atoms in total. The number of carbonyl (C=O) groups excluding carboxylic acids is 1. The van der Waals surface area contributed by atoms with Crippen LogP contribution in [0.5, 0.6) is 0 Å². The molecule has 0 aliphatic heterocycles. The third-order valence-electron chi connectivity index (χ3n) is 4.08. The first kappa shape index (κ1) is 14.2. The summed E-state index contributed by atoms with van der Waals surface area (Å²) in [4.78, 5) is 15.4. The Hall–Kier alpha value is -1.19. The molecule has 0 saturated heterocycles. The number of Topliss-reactive ketones (excluding diaryl/α,β-unsaturated/α-hetero) is 1. The van der Waals surface area contributed by atoms with Gasteiger partial charge in [-0.05, 0) is 38.5 Å². The van der Waals surface area contributed by atoms with E-state index in [1.54, 1.807) is 6.92 Å². The fourth-order valence-electron chi connectivity index (χ4n) is 2.94. The Labute approximate surface area is 115 Å². The molecule has 106 valence electrons. The van der Waals surface area contributed by atoms with Crippen LogP contribution in [0.3, 0.4) is 0 Å². The van der Waals surface area contributed by atoms with Crippen LogP contribution < -0.4 is 0 Å². The number of aryl methyl sites for hydroxylation is 1. The van der Waals surface area contributed by atoms with Crippen molar-refractivity contribution in [3.63, 3.8) is 0 Å². The lowest BCUT2D eigenvalue weighted by Gasteiger charge is -2.26. The molecule has 1 aromatic rings. The first-order valence-corrected chi connectivity index (χ1v) is 7.51. The second-order valence-corrected chi connectivity index (χ2v) is 5.75. The van der Waals surface area contributed by atoms with Crippen LogP contribution in [0, 0.1) is 5.92 Å². The number of aromatic nitrogens is 2. The zero-order valence-corrected chi connectivity index (χ0v) is 12.0. The molecule has 0 amide bonds. The van der Waals surface area contributed by atoms with E-state index in [-0.39, 0.29) is 5.78 Å². The lowest BCUT2D eigenvalue weighted by atomic mass is 9.80. The minimum Gasteiger partial charge on any atom is -0.339 e. The van der Waals surface area contributed by atoms with Gasteiger partial charge in [-0.3, -0.25) is 0 Å². The fourth-order valence-corrected chi connectivity index (χ4v) is 2.94. The number of rotatable bonds is 6. The summed E-state index contributed by atoms with van der Waals surface area (Å²) in [5, 5.41) is 4.09. The number of carbonyl (C=O) groups is 1. The van der Waals surface area contributed by atoms with Crippen molar-refractivity contribution in [2.24, 2.45) is 5.92 Å². The highest BCUT2D eigenvalue weighted by molar-refractivity contribution is 5.75. The van der Waals surface area contributed by atoms with Gasteiger partial charge in [0.2, 0.25) is 5.89 Å². The summed E-state index contributed by atoms with van der Waals surface area (Å²) in [6.07, 6.45) is 8.63. The Morgan fingerprint density at radius 3 is 2.68 bits per heavy atom. The van der Waals surface area contributed by atoms with Crippen LogP contribution >= 0.6 is 0 Å². The van der Waals surface area contributed by atoms with Crippen molar-refractivity contribution in [1.82, 2.24) is 10.1 Å². The molecule has 19 heavy (non-hydrogen) atoms. The maximum atomic E-state index is 10.9. The van der Waals surface area contributed by atoms with Gasteiger partial charge in [0.25, 0.3) is 0 Å². The van der Waals surface area contributed by atoms with Gasteiger partial charge in [-0.15, -0.1) is 0 Å². The summed E-state index contributed by atoms with van der Waals surface area (Å²) >= 11 is 0. The molecule has 0 bridgehead atoms. The summed E-state index contributed by atoms with van der Waals surface area (Å²) in [5.41, 5.74) is 0. The minimum atomic E-state index is 0.167. The molecule has 0 N–H and O–H groups in total. The van der Waals surface area contributed by atoms with Gasteiger partial charge in [0.1, 0.15) is 5.78 Å². The zero-order chi connectivity index (χ0) is 13.7. The van der Waals surface area contributed by atoms with Crippen LogP contribution in [0.4, 0.5) is 0 Å². The van der Waals surface area contributed by atoms with Crippen LogP contribution in [0.25, 0.3) is 0 Å². The predicted molar refractivity (Wildman–Crippen MR) is 72.9 cm³/mol. The topological polar surface area (TPSA) is 56.0 Å². The van der Waals surface area contributed by atoms with Gasteiger partial charge in [-0.25, -0.2) is 0 Å². The Balaban J connectivity index is 1.84. The normalized spacial score (nSPS) is 23.5. The Bertz CT molecular complexity index is 406. The number of nitrogens with zero attached hydrogens (tertiary/aromatic N) is 2. The van der Waals surface area contributed by atoms with E-state index >= 15 is 0 Å². The van der Waals surface area contributed by atoms with Crippen molar-refractivity contribution in [1.29, 1.82) is 0 Å². The minimum absolute atomic E-state index is 0.167. The number of hydrogen-bond donors (Lipinski definition) is 0. The molecular weight excluding hydrogens is 240 g/mol. The Morgan fingerprint density at radius 1 is 1.32 bits per heavy atom.